The maximum absolute atomic E-state index is 12.6. The van der Waals surface area contributed by atoms with Crippen LogP contribution in [-0.4, -0.2) is 26.5 Å². The molecule has 0 bridgehead atoms. The molecule has 0 radical (unpaired) electrons. The molecular formula is C13H11ClF3N6+. The Morgan fingerprint density at radius 1 is 1.35 bits per heavy atom. The maximum Gasteiger partial charge on any atom is 0.419 e. The van der Waals surface area contributed by atoms with Crippen LogP contribution in [0.4, 0.5) is 19.0 Å². The molecule has 0 saturated heterocycles. The fourth-order valence-corrected chi connectivity index (χ4v) is 2.25. The van der Waals surface area contributed by atoms with Gasteiger partial charge in [-0.25, -0.2) is 14.6 Å². The summed E-state index contributed by atoms with van der Waals surface area (Å²) >= 11 is 5.85. The quantitative estimate of drug-likeness (QED) is 0.790. The van der Waals surface area contributed by atoms with Gasteiger partial charge in [-0.2, -0.15) is 13.2 Å². The van der Waals surface area contributed by atoms with E-state index in [2.05, 4.69) is 25.6 Å². The van der Waals surface area contributed by atoms with Gasteiger partial charge in [-0.3, -0.25) is 5.32 Å². The normalized spacial score (nSPS) is 11.8. The van der Waals surface area contributed by atoms with E-state index in [-0.39, 0.29) is 5.02 Å². The summed E-state index contributed by atoms with van der Waals surface area (Å²) < 4.78 is 39.3. The van der Waals surface area contributed by atoms with Crippen molar-refractivity contribution in [2.45, 2.75) is 12.7 Å². The van der Waals surface area contributed by atoms with Gasteiger partial charge in [0.1, 0.15) is 23.3 Å². The molecular weight excluding hydrogens is 333 g/mol. The molecule has 0 spiro atoms. The number of hydrogen-bond donors (Lipinski definition) is 1. The van der Waals surface area contributed by atoms with Crippen LogP contribution in [0.5, 0.6) is 0 Å². The van der Waals surface area contributed by atoms with Crippen molar-refractivity contribution in [3.63, 3.8) is 0 Å². The molecule has 3 heterocycles. The molecule has 3 aromatic rings. The Morgan fingerprint density at radius 3 is 2.91 bits per heavy atom. The van der Waals surface area contributed by atoms with Crippen LogP contribution < -0.4 is 10.3 Å². The topological polar surface area (TPSA) is 69.8 Å². The van der Waals surface area contributed by atoms with E-state index in [0.717, 1.165) is 12.3 Å². The zero-order chi connectivity index (χ0) is 16.4. The van der Waals surface area contributed by atoms with Crippen LogP contribution in [0, 0.1) is 0 Å². The van der Waals surface area contributed by atoms with E-state index < -0.39 is 11.7 Å². The lowest BCUT2D eigenvalue weighted by Gasteiger charge is -2.06. The minimum absolute atomic E-state index is 0.0404. The zero-order valence-electron chi connectivity index (χ0n) is 11.6. The van der Waals surface area contributed by atoms with Crippen molar-refractivity contribution < 1.29 is 18.2 Å². The van der Waals surface area contributed by atoms with Gasteiger partial charge in [0.2, 0.25) is 0 Å². The molecule has 0 amide bonds. The maximum atomic E-state index is 12.6. The molecule has 6 nitrogen and oxygen atoms in total. The lowest BCUT2D eigenvalue weighted by atomic mass is 10.3. The minimum Gasteiger partial charge on any atom is -0.271 e. The monoisotopic (exact) mass is 343 g/mol. The van der Waals surface area contributed by atoms with Crippen LogP contribution in [0.2, 0.25) is 5.02 Å². The molecule has 2 N–H and O–H groups in total. The van der Waals surface area contributed by atoms with E-state index in [4.69, 9.17) is 11.6 Å². The number of rotatable bonds is 4. The first kappa shape index (κ1) is 15.5. The summed E-state index contributed by atoms with van der Waals surface area (Å²) in [6, 6.07) is 4.42. The highest BCUT2D eigenvalue weighted by atomic mass is 35.5. The van der Waals surface area contributed by atoms with Crippen LogP contribution in [-0.2, 0) is 12.7 Å². The van der Waals surface area contributed by atoms with Crippen LogP contribution in [0.3, 0.4) is 0 Å². The number of aromatic nitrogens is 5. The molecule has 10 heteroatoms. The third-order valence-electron chi connectivity index (χ3n) is 3.12. The number of nitrogens with one attached hydrogen (secondary N) is 2. The molecule has 0 aliphatic heterocycles. The first-order valence-electron chi connectivity index (χ1n) is 6.61. The van der Waals surface area contributed by atoms with Gasteiger partial charge in [-0.1, -0.05) is 16.8 Å². The largest absolute Gasteiger partial charge is 0.419 e. The number of anilines is 1. The van der Waals surface area contributed by atoms with E-state index in [1.165, 1.54) is 0 Å². The van der Waals surface area contributed by atoms with Crippen molar-refractivity contribution >= 4 is 28.6 Å². The summed E-state index contributed by atoms with van der Waals surface area (Å²) in [6.07, 6.45) is -1.94. The molecule has 120 valence electrons. The third kappa shape index (κ3) is 3.34. The number of nitrogens with zero attached hydrogens (tertiary/aromatic N) is 4. The average molecular weight is 344 g/mol. The Bertz CT molecular complexity index is 832. The second-order valence-electron chi connectivity index (χ2n) is 4.69. The summed E-state index contributed by atoms with van der Waals surface area (Å²) in [5.41, 5.74) is 0.475. The highest BCUT2D eigenvalue weighted by Crippen LogP contribution is 2.31. The molecule has 3 aromatic heterocycles. The molecule has 23 heavy (non-hydrogen) atoms. The van der Waals surface area contributed by atoms with E-state index in [1.54, 1.807) is 23.0 Å². The Balaban J connectivity index is 1.67. The van der Waals surface area contributed by atoms with Gasteiger partial charge < -0.3 is 0 Å². The minimum atomic E-state index is -4.44. The van der Waals surface area contributed by atoms with Crippen molar-refractivity contribution in [1.82, 2.24) is 20.0 Å². The smallest absolute Gasteiger partial charge is 0.271 e. The van der Waals surface area contributed by atoms with E-state index >= 15 is 0 Å². The molecule has 0 unspecified atom stereocenters. The Hall–Kier alpha value is -2.42. The summed E-state index contributed by atoms with van der Waals surface area (Å²) in [5, 5.41) is 10.8. The van der Waals surface area contributed by atoms with Crippen molar-refractivity contribution in [3.05, 3.63) is 41.2 Å². The number of H-pyrrole nitrogens is 1. The lowest BCUT2D eigenvalue weighted by Crippen LogP contribution is -2.20. The van der Waals surface area contributed by atoms with E-state index in [1.807, 2.05) is 0 Å². The second-order valence-corrected chi connectivity index (χ2v) is 5.10. The summed E-state index contributed by atoms with van der Waals surface area (Å²) in [6.45, 7) is 0.815. The Labute approximate surface area is 133 Å². The summed E-state index contributed by atoms with van der Waals surface area (Å²) in [7, 11) is 0. The van der Waals surface area contributed by atoms with Crippen LogP contribution in [0.15, 0.2) is 30.6 Å². The molecule has 0 aromatic carbocycles. The summed E-state index contributed by atoms with van der Waals surface area (Å²) in [5.74, 6) is 0.303. The van der Waals surface area contributed by atoms with Crippen molar-refractivity contribution in [3.8, 4) is 0 Å². The molecule has 0 aliphatic rings. The van der Waals surface area contributed by atoms with Gasteiger partial charge in [0, 0.05) is 6.20 Å². The molecule has 0 saturated carbocycles. The van der Waals surface area contributed by atoms with Gasteiger partial charge in [0.15, 0.2) is 5.65 Å². The number of aromatic amines is 1. The fourth-order valence-electron chi connectivity index (χ4n) is 2.02. The van der Waals surface area contributed by atoms with E-state index in [0.29, 0.717) is 30.1 Å². The molecule has 0 aliphatic carbocycles. The number of alkyl halides is 3. The first-order chi connectivity index (χ1) is 10.9. The van der Waals surface area contributed by atoms with Crippen molar-refractivity contribution in [1.29, 1.82) is 0 Å². The SMILES string of the molecule is FC(F)(F)c1c[nH+]c(NCCn2nnc3cccnc32)c(Cl)c1. The van der Waals surface area contributed by atoms with E-state index in [9.17, 15) is 13.2 Å². The van der Waals surface area contributed by atoms with Gasteiger partial charge >= 0.3 is 6.18 Å². The predicted molar refractivity (Wildman–Crippen MR) is 76.8 cm³/mol. The standard InChI is InChI=1S/C13H10ClF3N6/c14-9-6-8(13(15,16)17)7-20-11(9)18-4-5-23-12-10(21-22-23)2-1-3-19-12/h1-3,6-7H,4-5H2,(H,18,20)/p+1. The third-order valence-corrected chi connectivity index (χ3v) is 3.41. The average Bonchev–Trinajstić information content (AvgIpc) is 2.91. The number of halogens is 4. The van der Waals surface area contributed by atoms with Gasteiger partial charge in [0.25, 0.3) is 5.82 Å². The first-order valence-corrected chi connectivity index (χ1v) is 6.99. The molecule has 0 fully saturated rings. The van der Waals surface area contributed by atoms with Crippen molar-refractivity contribution in [2.75, 3.05) is 11.9 Å². The van der Waals surface area contributed by atoms with Gasteiger partial charge in [-0.15, -0.1) is 5.10 Å². The zero-order valence-corrected chi connectivity index (χ0v) is 12.4. The predicted octanol–water partition coefficient (Wildman–Crippen LogP) is 2.42. The van der Waals surface area contributed by atoms with Crippen LogP contribution in [0.1, 0.15) is 5.56 Å². The van der Waals surface area contributed by atoms with Crippen molar-refractivity contribution in [2.24, 2.45) is 0 Å². The highest BCUT2D eigenvalue weighted by Gasteiger charge is 2.32. The number of hydrogen-bond acceptors (Lipinski definition) is 4. The Kier molecular flexibility index (Phi) is 4.03. The highest BCUT2D eigenvalue weighted by molar-refractivity contribution is 6.32. The number of fused-ring (bicyclic) bond motifs is 1. The van der Waals surface area contributed by atoms with Gasteiger partial charge in [0.05, 0.1) is 12.1 Å². The fraction of sp³-hybridized carbons (Fsp3) is 0.231. The molecule has 3 rings (SSSR count). The van der Waals surface area contributed by atoms with Gasteiger partial charge in [-0.05, 0) is 18.2 Å². The van der Waals surface area contributed by atoms with Crippen LogP contribution >= 0.6 is 11.6 Å². The number of pyridine rings is 2. The van der Waals surface area contributed by atoms with Crippen LogP contribution in [0.25, 0.3) is 11.2 Å². The summed E-state index contributed by atoms with van der Waals surface area (Å²) in [4.78, 5) is 6.68. The lowest BCUT2D eigenvalue weighted by molar-refractivity contribution is -0.364. The Morgan fingerprint density at radius 2 is 2.17 bits per heavy atom. The molecule has 0 atom stereocenters. The second kappa shape index (κ2) is 5.99.